The van der Waals surface area contributed by atoms with Crippen molar-refractivity contribution in [1.29, 1.82) is 0 Å². The van der Waals surface area contributed by atoms with Crippen molar-refractivity contribution in [1.82, 2.24) is 15.5 Å². The summed E-state index contributed by atoms with van der Waals surface area (Å²) in [6, 6.07) is 14.0. The molecule has 54 heavy (non-hydrogen) atoms. The van der Waals surface area contributed by atoms with Gasteiger partial charge in [-0.25, -0.2) is 0 Å². The molecule has 0 saturated heterocycles. The lowest BCUT2D eigenvalue weighted by Gasteiger charge is -2.24. The Kier molecular flexibility index (Phi) is 17.0. The van der Waals surface area contributed by atoms with E-state index in [9.17, 15) is 33.6 Å². The number of nitrogens with zero attached hydrogens (tertiary/aromatic N) is 1. The van der Waals surface area contributed by atoms with E-state index >= 15 is 0 Å². The lowest BCUT2D eigenvalue weighted by molar-refractivity contribution is -0.162. The molecule has 0 unspecified atom stereocenters. The third kappa shape index (κ3) is 14.5. The Labute approximate surface area is 315 Å². The number of nitrogens with one attached hydrogen (secondary N) is 3. The van der Waals surface area contributed by atoms with Gasteiger partial charge in [-0.15, -0.1) is 0 Å². The fraction of sp³-hybridized carbons (Fsp3) is 0.462. The summed E-state index contributed by atoms with van der Waals surface area (Å²) in [5, 5.41) is 8.06. The average Bonchev–Trinajstić information content (AvgIpc) is 3.46. The topological polar surface area (TPSA) is 196 Å². The second kappa shape index (κ2) is 21.3. The smallest absolute Gasteiger partial charge is 0.312 e. The van der Waals surface area contributed by atoms with Gasteiger partial charge < -0.3 is 34.9 Å². The van der Waals surface area contributed by atoms with E-state index < -0.39 is 47.2 Å². The normalized spacial score (nSPS) is 13.7. The standard InChI is InChI=1S/C39H50N4O11/c1-26(2)35(42-31(44)17-19-51-21-22-52-20-18-43-32(45)15-16-33(43)46)37(49)40-27(3)36(48)41-30-13-11-29(12-14-30)25-54-38(50)39(4,5)23-34(47)53-24-28-9-7-6-8-10-28/h6-16,26-27,35H,17-25H2,1-5H3,(H,40,49)(H,41,48)(H,42,44)/t27-,35-/m0/s1. The van der Waals surface area contributed by atoms with E-state index in [0.717, 1.165) is 10.5 Å². The number of carbonyl (C=O) groups is 7. The van der Waals surface area contributed by atoms with Crippen molar-refractivity contribution in [2.45, 2.75) is 72.8 Å². The number of ether oxygens (including phenoxy) is 4. The minimum absolute atomic E-state index is 0.00816. The molecule has 0 aliphatic carbocycles. The van der Waals surface area contributed by atoms with Crippen LogP contribution < -0.4 is 16.0 Å². The number of imide groups is 1. The molecule has 2 aromatic rings. The number of hydrogen-bond donors (Lipinski definition) is 3. The first-order valence-electron chi connectivity index (χ1n) is 17.7. The highest BCUT2D eigenvalue weighted by atomic mass is 16.5. The second-order valence-corrected chi connectivity index (χ2v) is 13.6. The van der Waals surface area contributed by atoms with Crippen LogP contribution in [0.3, 0.4) is 0 Å². The molecule has 2 atom stereocenters. The maximum atomic E-state index is 13.0. The third-order valence-corrected chi connectivity index (χ3v) is 8.20. The molecule has 3 rings (SSSR count). The van der Waals surface area contributed by atoms with Crippen molar-refractivity contribution < 1.29 is 52.5 Å². The van der Waals surface area contributed by atoms with E-state index in [4.69, 9.17) is 18.9 Å². The van der Waals surface area contributed by atoms with Gasteiger partial charge in [-0.3, -0.25) is 38.5 Å². The largest absolute Gasteiger partial charge is 0.461 e. The number of hydrogen-bond acceptors (Lipinski definition) is 11. The van der Waals surface area contributed by atoms with Crippen LogP contribution in [0.2, 0.25) is 0 Å². The van der Waals surface area contributed by atoms with Gasteiger partial charge in [-0.2, -0.15) is 0 Å². The maximum absolute atomic E-state index is 13.0. The van der Waals surface area contributed by atoms with E-state index in [1.54, 1.807) is 52.0 Å². The summed E-state index contributed by atoms with van der Waals surface area (Å²) >= 11 is 0. The molecule has 0 radical (unpaired) electrons. The fourth-order valence-electron chi connectivity index (χ4n) is 4.94. The summed E-state index contributed by atoms with van der Waals surface area (Å²) in [6.07, 6.45) is 2.25. The Morgan fingerprint density at radius 1 is 0.722 bits per heavy atom. The summed E-state index contributed by atoms with van der Waals surface area (Å²) in [7, 11) is 0. The first-order valence-corrected chi connectivity index (χ1v) is 17.7. The van der Waals surface area contributed by atoms with Crippen LogP contribution in [0.15, 0.2) is 66.7 Å². The molecule has 0 bridgehead atoms. The molecule has 15 nitrogen and oxygen atoms in total. The van der Waals surface area contributed by atoms with Gasteiger partial charge in [0.25, 0.3) is 11.8 Å². The van der Waals surface area contributed by atoms with E-state index in [1.807, 2.05) is 30.3 Å². The van der Waals surface area contributed by atoms with Crippen molar-refractivity contribution in [2.75, 3.05) is 38.3 Å². The zero-order valence-corrected chi connectivity index (χ0v) is 31.4. The quantitative estimate of drug-likeness (QED) is 0.0910. The Morgan fingerprint density at radius 3 is 1.94 bits per heavy atom. The zero-order chi connectivity index (χ0) is 39.7. The summed E-state index contributed by atoms with van der Waals surface area (Å²) in [5.41, 5.74) is 0.844. The molecule has 1 aliphatic heterocycles. The summed E-state index contributed by atoms with van der Waals surface area (Å²) in [4.78, 5) is 87.6. The fourth-order valence-corrected chi connectivity index (χ4v) is 4.94. The Morgan fingerprint density at radius 2 is 1.31 bits per heavy atom. The van der Waals surface area contributed by atoms with Gasteiger partial charge in [0.1, 0.15) is 25.3 Å². The van der Waals surface area contributed by atoms with Crippen LogP contribution >= 0.6 is 0 Å². The number of esters is 2. The van der Waals surface area contributed by atoms with Crippen LogP contribution in [0.25, 0.3) is 0 Å². The van der Waals surface area contributed by atoms with Gasteiger partial charge in [0.2, 0.25) is 17.7 Å². The second-order valence-electron chi connectivity index (χ2n) is 13.6. The number of rotatable bonds is 22. The van der Waals surface area contributed by atoms with Crippen LogP contribution in [0.4, 0.5) is 5.69 Å². The van der Waals surface area contributed by atoms with Crippen molar-refractivity contribution in [2.24, 2.45) is 11.3 Å². The van der Waals surface area contributed by atoms with Crippen molar-refractivity contribution >= 4 is 47.2 Å². The lowest BCUT2D eigenvalue weighted by Crippen LogP contribution is -2.53. The maximum Gasteiger partial charge on any atom is 0.312 e. The summed E-state index contributed by atoms with van der Waals surface area (Å²) in [5.74, 6) is -3.51. The van der Waals surface area contributed by atoms with E-state index in [2.05, 4.69) is 16.0 Å². The summed E-state index contributed by atoms with van der Waals surface area (Å²) < 4.78 is 21.5. The molecule has 1 heterocycles. The van der Waals surface area contributed by atoms with Gasteiger partial charge >= 0.3 is 11.9 Å². The summed E-state index contributed by atoms with van der Waals surface area (Å²) in [6.45, 7) is 9.12. The predicted octanol–water partition coefficient (Wildman–Crippen LogP) is 2.82. The predicted molar refractivity (Wildman–Crippen MR) is 196 cm³/mol. The molecule has 0 fully saturated rings. The Bertz CT molecular complexity index is 1620. The van der Waals surface area contributed by atoms with Crippen LogP contribution in [-0.4, -0.2) is 91.4 Å². The van der Waals surface area contributed by atoms with E-state index in [0.29, 0.717) is 11.3 Å². The minimum Gasteiger partial charge on any atom is -0.461 e. The molecule has 2 aromatic carbocycles. The van der Waals surface area contributed by atoms with Crippen LogP contribution in [0.5, 0.6) is 0 Å². The van der Waals surface area contributed by atoms with Crippen LogP contribution in [0.1, 0.15) is 58.6 Å². The highest BCUT2D eigenvalue weighted by Gasteiger charge is 2.33. The van der Waals surface area contributed by atoms with Crippen LogP contribution in [-0.2, 0) is 65.7 Å². The first-order chi connectivity index (χ1) is 25.7. The molecule has 5 amide bonds. The number of amides is 5. The highest BCUT2D eigenvalue weighted by molar-refractivity contribution is 6.12. The van der Waals surface area contributed by atoms with Crippen molar-refractivity contribution in [3.8, 4) is 0 Å². The van der Waals surface area contributed by atoms with E-state index in [1.165, 1.54) is 19.1 Å². The molecule has 0 spiro atoms. The monoisotopic (exact) mass is 750 g/mol. The molecule has 0 aromatic heterocycles. The van der Waals surface area contributed by atoms with Gasteiger partial charge in [-0.1, -0.05) is 56.3 Å². The van der Waals surface area contributed by atoms with Gasteiger partial charge in [0.15, 0.2) is 0 Å². The molecular weight excluding hydrogens is 700 g/mol. The molecule has 292 valence electrons. The molecule has 1 aliphatic rings. The first kappa shape index (κ1) is 43.0. The van der Waals surface area contributed by atoms with Crippen LogP contribution in [0, 0.1) is 11.3 Å². The minimum atomic E-state index is -1.10. The third-order valence-electron chi connectivity index (χ3n) is 8.20. The van der Waals surface area contributed by atoms with Gasteiger partial charge in [0, 0.05) is 24.3 Å². The molecular formula is C39H50N4O11. The molecule has 15 heteroatoms. The van der Waals surface area contributed by atoms with Crippen molar-refractivity contribution in [3.63, 3.8) is 0 Å². The Balaban J connectivity index is 1.33. The van der Waals surface area contributed by atoms with Gasteiger partial charge in [0.05, 0.1) is 44.8 Å². The SMILES string of the molecule is CC(C)[C@H](NC(=O)CCOCCOCCN1C(=O)C=CC1=O)C(=O)N[C@@H](C)C(=O)Nc1ccc(COC(=O)C(C)(C)CC(=O)OCc2ccccc2)cc1. The Hall–Kier alpha value is -5.41. The lowest BCUT2D eigenvalue weighted by atomic mass is 9.89. The van der Waals surface area contributed by atoms with Crippen molar-refractivity contribution in [3.05, 3.63) is 77.9 Å². The van der Waals surface area contributed by atoms with E-state index in [-0.39, 0.29) is 76.8 Å². The average molecular weight is 751 g/mol. The molecule has 0 saturated carbocycles. The van der Waals surface area contributed by atoms with Gasteiger partial charge in [-0.05, 0) is 49.9 Å². The zero-order valence-electron chi connectivity index (χ0n) is 31.4. The highest BCUT2D eigenvalue weighted by Crippen LogP contribution is 2.24. The number of anilines is 1. The number of benzene rings is 2. The molecule has 3 N–H and O–H groups in total. The number of carbonyl (C=O) groups excluding carboxylic acids is 7.